The quantitative estimate of drug-likeness (QED) is 0.742. The minimum atomic E-state index is -0.354. The van der Waals surface area contributed by atoms with Gasteiger partial charge in [-0.1, -0.05) is 12.1 Å². The van der Waals surface area contributed by atoms with Crippen LogP contribution < -0.4 is 20.7 Å². The summed E-state index contributed by atoms with van der Waals surface area (Å²) in [5.74, 6) is 0.0571. The van der Waals surface area contributed by atoms with E-state index in [1.165, 1.54) is 0 Å². The van der Waals surface area contributed by atoms with Crippen LogP contribution in [-0.2, 0) is 0 Å². The summed E-state index contributed by atoms with van der Waals surface area (Å²) in [7, 11) is 3.10. The lowest BCUT2D eigenvalue weighted by molar-refractivity contribution is 0.0961. The van der Waals surface area contributed by atoms with Gasteiger partial charge in [0.1, 0.15) is 5.75 Å². The van der Waals surface area contributed by atoms with Gasteiger partial charge in [-0.3, -0.25) is 14.9 Å². The number of anilines is 1. The van der Waals surface area contributed by atoms with Gasteiger partial charge in [0.2, 0.25) is 0 Å². The number of rotatable bonds is 4. The van der Waals surface area contributed by atoms with Gasteiger partial charge in [-0.05, 0) is 48.6 Å². The smallest absolute Gasteiger partial charge is 0.257 e. The lowest BCUT2D eigenvalue weighted by Gasteiger charge is -2.13. The fourth-order valence-electron chi connectivity index (χ4n) is 2.00. The Hall–Kier alpha value is -2.93. The highest BCUT2D eigenvalue weighted by Gasteiger charge is 2.12. The minimum Gasteiger partial charge on any atom is -0.497 e. The van der Waals surface area contributed by atoms with Crippen molar-refractivity contribution in [3.05, 3.63) is 59.7 Å². The third kappa shape index (κ3) is 4.30. The maximum atomic E-state index is 12.2. The van der Waals surface area contributed by atoms with Crippen LogP contribution in [0.25, 0.3) is 0 Å². The monoisotopic (exact) mass is 343 g/mol. The maximum absolute atomic E-state index is 12.2. The van der Waals surface area contributed by atoms with Crippen LogP contribution in [0.15, 0.2) is 48.5 Å². The molecule has 0 fully saturated rings. The Morgan fingerprint density at radius 2 is 1.67 bits per heavy atom. The van der Waals surface area contributed by atoms with Gasteiger partial charge < -0.3 is 15.4 Å². The van der Waals surface area contributed by atoms with Crippen molar-refractivity contribution < 1.29 is 14.3 Å². The van der Waals surface area contributed by atoms with Crippen LogP contribution in [0, 0.1) is 0 Å². The van der Waals surface area contributed by atoms with E-state index in [1.54, 1.807) is 62.7 Å². The predicted molar refractivity (Wildman–Crippen MR) is 96.5 cm³/mol. The number of para-hydroxylation sites is 1. The van der Waals surface area contributed by atoms with E-state index in [2.05, 4.69) is 16.0 Å². The fourth-order valence-corrected chi connectivity index (χ4v) is 2.20. The molecule has 0 atom stereocenters. The first-order valence-corrected chi connectivity index (χ1v) is 7.53. The number of ether oxygens (including phenoxy) is 1. The molecule has 0 bridgehead atoms. The highest BCUT2D eigenvalue weighted by molar-refractivity contribution is 7.80. The third-order valence-corrected chi connectivity index (χ3v) is 3.43. The van der Waals surface area contributed by atoms with E-state index >= 15 is 0 Å². The summed E-state index contributed by atoms with van der Waals surface area (Å²) in [5, 5.41) is 8.09. The van der Waals surface area contributed by atoms with E-state index in [0.29, 0.717) is 22.6 Å². The average Bonchev–Trinajstić information content (AvgIpc) is 2.61. The molecule has 2 rings (SSSR count). The highest BCUT2D eigenvalue weighted by Crippen LogP contribution is 2.15. The van der Waals surface area contributed by atoms with Crippen molar-refractivity contribution in [2.45, 2.75) is 0 Å². The molecule has 0 unspecified atom stereocenters. The Balaban J connectivity index is 2.05. The molecule has 24 heavy (non-hydrogen) atoms. The van der Waals surface area contributed by atoms with Gasteiger partial charge >= 0.3 is 0 Å². The van der Waals surface area contributed by atoms with Crippen molar-refractivity contribution in [2.24, 2.45) is 0 Å². The molecule has 0 aliphatic rings. The third-order valence-electron chi connectivity index (χ3n) is 3.23. The molecule has 124 valence electrons. The SMILES string of the molecule is CNC(=O)c1ccccc1NC(=S)NC(=O)c1ccc(OC)cc1. The summed E-state index contributed by atoms with van der Waals surface area (Å²) in [5.41, 5.74) is 1.39. The van der Waals surface area contributed by atoms with E-state index < -0.39 is 0 Å². The molecule has 2 aromatic rings. The van der Waals surface area contributed by atoms with E-state index in [4.69, 9.17) is 17.0 Å². The van der Waals surface area contributed by atoms with Gasteiger partial charge in [-0.25, -0.2) is 0 Å². The van der Waals surface area contributed by atoms with Gasteiger partial charge in [0.15, 0.2) is 5.11 Å². The maximum Gasteiger partial charge on any atom is 0.257 e. The summed E-state index contributed by atoms with van der Waals surface area (Å²) in [4.78, 5) is 24.0. The number of nitrogens with one attached hydrogen (secondary N) is 3. The zero-order valence-corrected chi connectivity index (χ0v) is 14.1. The second-order valence-corrected chi connectivity index (χ2v) is 5.17. The van der Waals surface area contributed by atoms with Gasteiger partial charge in [0.05, 0.1) is 18.4 Å². The normalized spacial score (nSPS) is 9.75. The van der Waals surface area contributed by atoms with Crippen LogP contribution in [0.4, 0.5) is 5.69 Å². The first-order chi connectivity index (χ1) is 11.5. The zero-order chi connectivity index (χ0) is 17.5. The number of amides is 2. The van der Waals surface area contributed by atoms with E-state index in [9.17, 15) is 9.59 Å². The van der Waals surface area contributed by atoms with Gasteiger partial charge in [-0.2, -0.15) is 0 Å². The zero-order valence-electron chi connectivity index (χ0n) is 13.3. The second-order valence-electron chi connectivity index (χ2n) is 4.76. The van der Waals surface area contributed by atoms with Crippen LogP contribution in [0.1, 0.15) is 20.7 Å². The standard InChI is InChI=1S/C17H17N3O3S/c1-18-16(22)13-5-3-4-6-14(13)19-17(24)20-15(21)11-7-9-12(23-2)10-8-11/h3-10H,1-2H3,(H,18,22)(H2,19,20,21,24). The topological polar surface area (TPSA) is 79.5 Å². The fraction of sp³-hybridized carbons (Fsp3) is 0.118. The van der Waals surface area contributed by atoms with Gasteiger partial charge in [0, 0.05) is 12.6 Å². The van der Waals surface area contributed by atoms with Crippen LogP contribution in [0.5, 0.6) is 5.75 Å². The van der Waals surface area contributed by atoms with E-state index in [-0.39, 0.29) is 16.9 Å². The molecule has 0 aliphatic carbocycles. The van der Waals surface area contributed by atoms with Gasteiger partial charge in [0.25, 0.3) is 11.8 Å². The molecule has 2 aromatic carbocycles. The number of methoxy groups -OCH3 is 1. The first kappa shape index (κ1) is 17.4. The largest absolute Gasteiger partial charge is 0.497 e. The van der Waals surface area contributed by atoms with Crippen molar-refractivity contribution >= 4 is 34.8 Å². The molecular formula is C17H17N3O3S. The molecule has 0 heterocycles. The van der Waals surface area contributed by atoms with E-state index in [0.717, 1.165) is 0 Å². The Kier molecular flexibility index (Phi) is 5.86. The average molecular weight is 343 g/mol. The Morgan fingerprint density at radius 1 is 1.00 bits per heavy atom. The molecule has 0 radical (unpaired) electrons. The lowest BCUT2D eigenvalue weighted by Crippen LogP contribution is -2.34. The summed E-state index contributed by atoms with van der Waals surface area (Å²) < 4.78 is 5.05. The number of thiocarbonyl (C=S) groups is 1. The molecule has 6 nitrogen and oxygen atoms in total. The van der Waals surface area contributed by atoms with E-state index in [1.807, 2.05) is 0 Å². The molecule has 0 aliphatic heterocycles. The first-order valence-electron chi connectivity index (χ1n) is 7.12. The molecule has 0 saturated carbocycles. The number of benzene rings is 2. The van der Waals surface area contributed by atoms with Crippen LogP contribution in [0.3, 0.4) is 0 Å². The Morgan fingerprint density at radius 3 is 2.29 bits per heavy atom. The van der Waals surface area contributed by atoms with Crippen molar-refractivity contribution in [1.82, 2.24) is 10.6 Å². The molecular weight excluding hydrogens is 326 g/mol. The number of hydrogen-bond acceptors (Lipinski definition) is 4. The summed E-state index contributed by atoms with van der Waals surface area (Å²) in [6, 6.07) is 13.5. The summed E-state index contributed by atoms with van der Waals surface area (Å²) in [6.45, 7) is 0. The summed E-state index contributed by atoms with van der Waals surface area (Å²) in [6.07, 6.45) is 0. The minimum absolute atomic E-state index is 0.104. The highest BCUT2D eigenvalue weighted by atomic mass is 32.1. The number of hydrogen-bond donors (Lipinski definition) is 3. The lowest BCUT2D eigenvalue weighted by atomic mass is 10.1. The Bertz CT molecular complexity index is 760. The van der Waals surface area contributed by atoms with Crippen molar-refractivity contribution in [3.63, 3.8) is 0 Å². The van der Waals surface area contributed by atoms with Crippen molar-refractivity contribution in [3.8, 4) is 5.75 Å². The second kappa shape index (κ2) is 8.07. The Labute approximate surface area is 145 Å². The molecule has 7 heteroatoms. The molecule has 2 amide bonds. The van der Waals surface area contributed by atoms with Gasteiger partial charge in [-0.15, -0.1) is 0 Å². The summed E-state index contributed by atoms with van der Waals surface area (Å²) >= 11 is 5.14. The molecule has 3 N–H and O–H groups in total. The number of carbonyl (C=O) groups excluding carboxylic acids is 2. The van der Waals surface area contributed by atoms with Crippen molar-refractivity contribution in [1.29, 1.82) is 0 Å². The molecule has 0 saturated heterocycles. The van der Waals surface area contributed by atoms with Crippen molar-refractivity contribution in [2.75, 3.05) is 19.5 Å². The van der Waals surface area contributed by atoms with Crippen LogP contribution in [-0.4, -0.2) is 31.1 Å². The molecule has 0 spiro atoms. The number of carbonyl (C=O) groups is 2. The molecule has 0 aromatic heterocycles. The van der Waals surface area contributed by atoms with Crippen LogP contribution >= 0.6 is 12.2 Å². The predicted octanol–water partition coefficient (Wildman–Crippen LogP) is 2.18. The van der Waals surface area contributed by atoms with Crippen LogP contribution in [0.2, 0.25) is 0 Å².